The minimum Gasteiger partial charge on any atom is -0.457 e. The number of ether oxygens (including phenoxy) is 1. The third kappa shape index (κ3) is 3.52. The number of rotatable bonds is 3. The maximum absolute atomic E-state index is 14.1. The van der Waals surface area contributed by atoms with Crippen LogP contribution in [0.25, 0.3) is 0 Å². The molecular weight excluding hydrogens is 400 g/mol. The van der Waals surface area contributed by atoms with Gasteiger partial charge in [-0.2, -0.15) is 0 Å². The van der Waals surface area contributed by atoms with Gasteiger partial charge in [0.1, 0.15) is 11.5 Å². The van der Waals surface area contributed by atoms with Gasteiger partial charge in [0.15, 0.2) is 0 Å². The Morgan fingerprint density at radius 3 is 2.28 bits per heavy atom. The molecule has 1 aliphatic heterocycles. The molecule has 1 atom stereocenters. The zero-order valence-electron chi connectivity index (χ0n) is 18.6. The summed E-state index contributed by atoms with van der Waals surface area (Å²) in [5.41, 5.74) is 4.73. The number of benzene rings is 2. The average Bonchev–Trinajstić information content (AvgIpc) is 3.13. The molecule has 2 aromatic rings. The fourth-order valence-corrected chi connectivity index (χ4v) is 5.24. The van der Waals surface area contributed by atoms with Gasteiger partial charge in [0.25, 0.3) is 5.91 Å². The molecule has 1 saturated carbocycles. The van der Waals surface area contributed by atoms with E-state index in [9.17, 15) is 9.59 Å². The Hall–Kier alpha value is -3.34. The first-order valence-electron chi connectivity index (χ1n) is 11.4. The van der Waals surface area contributed by atoms with Crippen LogP contribution in [0.15, 0.2) is 77.1 Å². The highest BCUT2D eigenvalue weighted by molar-refractivity contribution is 6.12. The lowest BCUT2D eigenvalue weighted by Gasteiger charge is -2.41. The van der Waals surface area contributed by atoms with Crippen LogP contribution in [-0.2, 0) is 9.59 Å². The van der Waals surface area contributed by atoms with E-state index in [-0.39, 0.29) is 17.9 Å². The quantitative estimate of drug-likeness (QED) is 0.659. The summed E-state index contributed by atoms with van der Waals surface area (Å²) in [4.78, 5) is 30.1. The highest BCUT2D eigenvalue weighted by Crippen LogP contribution is 2.43. The summed E-state index contributed by atoms with van der Waals surface area (Å²) in [6, 6.07) is 17.3. The number of fused-ring (bicyclic) bond motifs is 5. The van der Waals surface area contributed by atoms with Crippen LogP contribution in [0, 0.1) is 0 Å². The third-order valence-electron chi connectivity index (χ3n) is 6.67. The number of amides is 2. The van der Waals surface area contributed by atoms with Crippen molar-refractivity contribution in [3.05, 3.63) is 77.1 Å². The summed E-state index contributed by atoms with van der Waals surface area (Å²) < 4.78 is 6.38. The number of carbonyl (C=O) groups is 2. The van der Waals surface area contributed by atoms with Crippen molar-refractivity contribution < 1.29 is 14.3 Å². The molecule has 6 rings (SSSR count). The van der Waals surface area contributed by atoms with E-state index in [1.807, 2.05) is 66.4 Å². The van der Waals surface area contributed by atoms with Crippen LogP contribution in [0.4, 0.5) is 11.4 Å². The van der Waals surface area contributed by atoms with Crippen molar-refractivity contribution in [3.63, 3.8) is 0 Å². The van der Waals surface area contributed by atoms with Gasteiger partial charge in [0.05, 0.1) is 23.0 Å². The van der Waals surface area contributed by atoms with Gasteiger partial charge in [-0.3, -0.25) is 9.59 Å². The SMILES string of the molecule is CC(=O)N1c2ccccc2N(C(=O)C2=C3CCCC(=C2Oc2ccccc2)CC3)CC1C. The summed E-state index contributed by atoms with van der Waals surface area (Å²) in [6.45, 7) is 4.03. The predicted octanol–water partition coefficient (Wildman–Crippen LogP) is 5.38. The van der Waals surface area contributed by atoms with E-state index in [1.54, 1.807) is 11.8 Å². The van der Waals surface area contributed by atoms with Crippen LogP contribution in [0.5, 0.6) is 5.75 Å². The lowest BCUT2D eigenvalue weighted by Crippen LogP contribution is -2.52. The van der Waals surface area contributed by atoms with Gasteiger partial charge in [-0.1, -0.05) is 35.9 Å². The number of anilines is 2. The Bertz CT molecular complexity index is 1120. The van der Waals surface area contributed by atoms with Gasteiger partial charge in [0, 0.05) is 13.5 Å². The summed E-state index contributed by atoms with van der Waals surface area (Å²) >= 11 is 0. The Kier molecular flexibility index (Phi) is 5.33. The standard InChI is InChI=1S/C27H28N2O3/c1-18-17-28(23-13-6-7-14-24(23)29(18)19(2)30)27(31)25-20-9-8-10-21(16-15-20)26(25)32-22-11-4-3-5-12-22/h3-7,11-14,18H,8-10,15-17H2,1-2H3. The maximum Gasteiger partial charge on any atom is 0.262 e. The van der Waals surface area contributed by atoms with Crippen molar-refractivity contribution in [2.45, 2.75) is 52.0 Å². The highest BCUT2D eigenvalue weighted by atomic mass is 16.5. The molecule has 1 fully saturated rings. The maximum atomic E-state index is 14.1. The van der Waals surface area contributed by atoms with E-state index in [0.717, 1.165) is 60.6 Å². The van der Waals surface area contributed by atoms with Gasteiger partial charge >= 0.3 is 0 Å². The number of carbonyl (C=O) groups excluding carboxylic acids is 2. The van der Waals surface area contributed by atoms with Crippen LogP contribution in [0.3, 0.4) is 0 Å². The van der Waals surface area contributed by atoms with Crippen molar-refractivity contribution in [1.82, 2.24) is 0 Å². The Morgan fingerprint density at radius 2 is 1.53 bits per heavy atom. The van der Waals surface area contributed by atoms with E-state index in [1.165, 1.54) is 11.1 Å². The average molecular weight is 429 g/mol. The Morgan fingerprint density at radius 1 is 0.875 bits per heavy atom. The Balaban J connectivity index is 1.57. The number of hydrogen-bond donors (Lipinski definition) is 0. The van der Waals surface area contributed by atoms with Crippen LogP contribution >= 0.6 is 0 Å². The number of nitrogens with zero attached hydrogens (tertiary/aromatic N) is 2. The smallest absolute Gasteiger partial charge is 0.262 e. The first-order chi connectivity index (χ1) is 15.5. The molecular formula is C27H28N2O3. The molecule has 2 bridgehead atoms. The molecule has 2 aromatic carbocycles. The fraction of sp³-hybridized carbons (Fsp3) is 0.333. The Labute approximate surface area is 189 Å². The molecule has 164 valence electrons. The molecule has 32 heavy (non-hydrogen) atoms. The van der Waals surface area contributed by atoms with Crippen molar-refractivity contribution >= 4 is 23.2 Å². The molecule has 0 aromatic heterocycles. The summed E-state index contributed by atoms with van der Waals surface area (Å²) in [7, 11) is 0. The van der Waals surface area contributed by atoms with Crippen LogP contribution in [-0.4, -0.2) is 24.4 Å². The second-order valence-electron chi connectivity index (χ2n) is 8.82. The van der Waals surface area contributed by atoms with Crippen LogP contribution in [0.1, 0.15) is 46.0 Å². The molecule has 5 nitrogen and oxygen atoms in total. The number of hydrogen-bond acceptors (Lipinski definition) is 3. The second kappa shape index (κ2) is 8.30. The molecule has 0 spiro atoms. The predicted molar refractivity (Wildman–Crippen MR) is 126 cm³/mol. The first kappa shape index (κ1) is 20.6. The number of allylic oxidation sites excluding steroid dienone is 2. The van der Waals surface area contributed by atoms with Gasteiger partial charge < -0.3 is 14.5 Å². The zero-order valence-corrected chi connectivity index (χ0v) is 18.6. The lowest BCUT2D eigenvalue weighted by atomic mass is 9.90. The topological polar surface area (TPSA) is 49.9 Å². The summed E-state index contributed by atoms with van der Waals surface area (Å²) in [5.74, 6) is 1.47. The van der Waals surface area contributed by atoms with Gasteiger partial charge in [-0.25, -0.2) is 0 Å². The molecule has 4 aliphatic rings. The van der Waals surface area contributed by atoms with E-state index in [2.05, 4.69) is 0 Å². The van der Waals surface area contributed by atoms with Crippen LogP contribution < -0.4 is 14.5 Å². The molecule has 0 N–H and O–H groups in total. The summed E-state index contributed by atoms with van der Waals surface area (Å²) in [6.07, 6.45) is 4.82. The van der Waals surface area contributed by atoms with Gasteiger partial charge in [0.2, 0.25) is 5.91 Å². The normalized spacial score (nSPS) is 20.2. The van der Waals surface area contributed by atoms with Gasteiger partial charge in [-0.05, 0) is 68.9 Å². The second-order valence-corrected chi connectivity index (χ2v) is 8.82. The first-order valence-corrected chi connectivity index (χ1v) is 11.4. The zero-order chi connectivity index (χ0) is 22.2. The number of para-hydroxylation sites is 3. The van der Waals surface area contributed by atoms with E-state index < -0.39 is 0 Å². The van der Waals surface area contributed by atoms with Crippen LogP contribution in [0.2, 0.25) is 0 Å². The monoisotopic (exact) mass is 428 g/mol. The van der Waals surface area contributed by atoms with Gasteiger partial charge in [-0.15, -0.1) is 0 Å². The largest absolute Gasteiger partial charge is 0.457 e. The minimum absolute atomic E-state index is 0.0113. The van der Waals surface area contributed by atoms with Crippen molar-refractivity contribution in [3.8, 4) is 5.75 Å². The minimum atomic E-state index is -0.105. The van der Waals surface area contributed by atoms with E-state index in [0.29, 0.717) is 6.54 Å². The molecule has 2 amide bonds. The lowest BCUT2D eigenvalue weighted by molar-refractivity contribution is -0.118. The molecule has 3 aliphatic carbocycles. The molecule has 5 heteroatoms. The van der Waals surface area contributed by atoms with Crippen molar-refractivity contribution in [1.29, 1.82) is 0 Å². The highest BCUT2D eigenvalue weighted by Gasteiger charge is 2.38. The summed E-state index contributed by atoms with van der Waals surface area (Å²) in [5, 5.41) is 0. The third-order valence-corrected chi connectivity index (χ3v) is 6.67. The fourth-order valence-electron chi connectivity index (χ4n) is 5.24. The van der Waals surface area contributed by atoms with E-state index >= 15 is 0 Å². The van der Waals surface area contributed by atoms with E-state index in [4.69, 9.17) is 4.74 Å². The molecule has 1 unspecified atom stereocenters. The van der Waals surface area contributed by atoms with Crippen molar-refractivity contribution in [2.75, 3.05) is 16.3 Å². The molecule has 0 saturated heterocycles. The molecule has 0 radical (unpaired) electrons. The molecule has 1 heterocycles. The van der Waals surface area contributed by atoms with Crippen molar-refractivity contribution in [2.24, 2.45) is 0 Å².